The van der Waals surface area contributed by atoms with E-state index in [4.69, 9.17) is 0 Å². The number of rotatable bonds is 2. The summed E-state index contributed by atoms with van der Waals surface area (Å²) in [5, 5.41) is 2.85. The van der Waals surface area contributed by atoms with Gasteiger partial charge in [-0.3, -0.25) is 9.59 Å². The lowest BCUT2D eigenvalue weighted by molar-refractivity contribution is -0.129. The van der Waals surface area contributed by atoms with E-state index in [0.29, 0.717) is 18.8 Å². The molecular weight excluding hydrogens is 282 g/mol. The topological polar surface area (TPSA) is 78.4 Å². The number of carbonyl (C=O) groups excluding carboxylic acids is 2. The fraction of sp³-hybridized carbons (Fsp3) is 0.600. The second-order valence-corrected chi connectivity index (χ2v) is 6.46. The molecule has 1 N–H and O–H groups in total. The summed E-state index contributed by atoms with van der Waals surface area (Å²) in [7, 11) is 0. The molecule has 0 aromatic carbocycles. The van der Waals surface area contributed by atoms with Crippen molar-refractivity contribution in [3.05, 3.63) is 18.1 Å². The smallest absolute Gasteiger partial charge is 0.271 e. The van der Waals surface area contributed by atoms with E-state index < -0.39 is 0 Å². The van der Waals surface area contributed by atoms with E-state index in [1.165, 1.54) is 6.20 Å². The molecule has 0 unspecified atom stereocenters. The number of aromatic nitrogens is 2. The van der Waals surface area contributed by atoms with Crippen molar-refractivity contribution in [3.63, 3.8) is 0 Å². The van der Waals surface area contributed by atoms with Crippen molar-refractivity contribution in [1.29, 1.82) is 0 Å². The fourth-order valence-electron chi connectivity index (χ4n) is 2.26. The number of hydrogen-bond acceptors (Lipinski definition) is 5. The Balaban J connectivity index is 1.98. The summed E-state index contributed by atoms with van der Waals surface area (Å²) in [6.45, 7) is 10.2. The maximum atomic E-state index is 12.0. The third kappa shape index (κ3) is 4.16. The molecule has 0 saturated carbocycles. The van der Waals surface area contributed by atoms with Crippen molar-refractivity contribution in [2.75, 3.05) is 31.1 Å². The molecule has 1 aliphatic rings. The zero-order chi connectivity index (χ0) is 16.3. The van der Waals surface area contributed by atoms with Crippen LogP contribution in [0.15, 0.2) is 12.4 Å². The molecule has 2 rings (SSSR count). The minimum atomic E-state index is -0.305. The Bertz CT molecular complexity index is 542. The summed E-state index contributed by atoms with van der Waals surface area (Å²) >= 11 is 0. The molecule has 2 heterocycles. The second-order valence-electron chi connectivity index (χ2n) is 6.46. The van der Waals surface area contributed by atoms with Crippen LogP contribution in [0.2, 0.25) is 0 Å². The van der Waals surface area contributed by atoms with Crippen LogP contribution in [0.3, 0.4) is 0 Å². The zero-order valence-electron chi connectivity index (χ0n) is 13.6. The maximum absolute atomic E-state index is 12.0. The average molecular weight is 305 g/mol. The molecular formula is C15H23N5O2. The SMILES string of the molecule is CC(=O)N1CCN(c2cnc(C(=O)NC(C)(C)C)cn2)CC1. The van der Waals surface area contributed by atoms with Gasteiger partial charge in [0.05, 0.1) is 12.4 Å². The van der Waals surface area contributed by atoms with Gasteiger partial charge in [0.1, 0.15) is 11.5 Å². The first kappa shape index (κ1) is 16.2. The van der Waals surface area contributed by atoms with Crippen molar-refractivity contribution >= 4 is 17.6 Å². The van der Waals surface area contributed by atoms with Crippen LogP contribution >= 0.6 is 0 Å². The Morgan fingerprint density at radius 2 is 1.73 bits per heavy atom. The Morgan fingerprint density at radius 3 is 2.18 bits per heavy atom. The lowest BCUT2D eigenvalue weighted by Gasteiger charge is -2.34. The summed E-state index contributed by atoms with van der Waals surface area (Å²) in [5.41, 5.74) is 0.00142. The number of piperazine rings is 1. The van der Waals surface area contributed by atoms with Gasteiger partial charge in [-0.2, -0.15) is 0 Å². The largest absolute Gasteiger partial charge is 0.352 e. The van der Waals surface area contributed by atoms with Crippen LogP contribution in [0.4, 0.5) is 5.82 Å². The first-order valence-electron chi connectivity index (χ1n) is 7.41. The van der Waals surface area contributed by atoms with Crippen molar-refractivity contribution in [2.24, 2.45) is 0 Å². The fourth-order valence-corrected chi connectivity index (χ4v) is 2.26. The highest BCUT2D eigenvalue weighted by Crippen LogP contribution is 2.13. The van der Waals surface area contributed by atoms with E-state index in [9.17, 15) is 9.59 Å². The summed E-state index contributed by atoms with van der Waals surface area (Å²) in [6, 6.07) is 0. The Morgan fingerprint density at radius 1 is 1.09 bits per heavy atom. The Labute approximate surface area is 130 Å². The van der Waals surface area contributed by atoms with Gasteiger partial charge in [-0.15, -0.1) is 0 Å². The van der Waals surface area contributed by atoms with Crippen LogP contribution in [0.1, 0.15) is 38.2 Å². The van der Waals surface area contributed by atoms with Gasteiger partial charge in [-0.05, 0) is 20.8 Å². The van der Waals surface area contributed by atoms with Crippen molar-refractivity contribution < 1.29 is 9.59 Å². The molecule has 0 bridgehead atoms. The number of nitrogens with one attached hydrogen (secondary N) is 1. The Hall–Kier alpha value is -2.18. The predicted molar refractivity (Wildman–Crippen MR) is 83.7 cm³/mol. The van der Waals surface area contributed by atoms with Crippen molar-refractivity contribution in [1.82, 2.24) is 20.2 Å². The second kappa shape index (κ2) is 6.29. The van der Waals surface area contributed by atoms with E-state index in [-0.39, 0.29) is 17.4 Å². The molecule has 120 valence electrons. The number of nitrogens with zero attached hydrogens (tertiary/aromatic N) is 4. The molecule has 1 fully saturated rings. The van der Waals surface area contributed by atoms with Crippen LogP contribution in [-0.2, 0) is 4.79 Å². The van der Waals surface area contributed by atoms with Crippen LogP contribution in [0.25, 0.3) is 0 Å². The minimum Gasteiger partial charge on any atom is -0.352 e. The molecule has 2 amide bonds. The molecule has 0 aliphatic carbocycles. The number of amides is 2. The molecule has 0 radical (unpaired) electrons. The van der Waals surface area contributed by atoms with E-state index in [2.05, 4.69) is 20.2 Å². The quantitative estimate of drug-likeness (QED) is 0.869. The molecule has 1 aliphatic heterocycles. The highest BCUT2D eigenvalue weighted by molar-refractivity contribution is 5.92. The number of anilines is 1. The zero-order valence-corrected chi connectivity index (χ0v) is 13.6. The van der Waals surface area contributed by atoms with E-state index in [0.717, 1.165) is 18.9 Å². The van der Waals surface area contributed by atoms with Crippen LogP contribution < -0.4 is 10.2 Å². The molecule has 7 heteroatoms. The normalized spacial score (nSPS) is 15.6. The van der Waals surface area contributed by atoms with E-state index in [1.54, 1.807) is 13.1 Å². The van der Waals surface area contributed by atoms with Crippen molar-refractivity contribution in [2.45, 2.75) is 33.2 Å². The lowest BCUT2D eigenvalue weighted by atomic mass is 10.1. The van der Waals surface area contributed by atoms with Gasteiger partial charge in [0.25, 0.3) is 5.91 Å². The van der Waals surface area contributed by atoms with Gasteiger partial charge in [0.2, 0.25) is 5.91 Å². The molecule has 22 heavy (non-hydrogen) atoms. The van der Waals surface area contributed by atoms with Gasteiger partial charge in [-0.25, -0.2) is 9.97 Å². The van der Waals surface area contributed by atoms with Gasteiger partial charge < -0.3 is 15.1 Å². The molecule has 1 aromatic heterocycles. The van der Waals surface area contributed by atoms with Crippen molar-refractivity contribution in [3.8, 4) is 0 Å². The van der Waals surface area contributed by atoms with Gasteiger partial charge in [0.15, 0.2) is 0 Å². The van der Waals surface area contributed by atoms with Gasteiger partial charge >= 0.3 is 0 Å². The molecule has 0 atom stereocenters. The number of hydrogen-bond donors (Lipinski definition) is 1. The molecule has 0 spiro atoms. The predicted octanol–water partition coefficient (Wildman–Crippen LogP) is 0.673. The monoisotopic (exact) mass is 305 g/mol. The Kier molecular flexibility index (Phi) is 4.63. The summed E-state index contributed by atoms with van der Waals surface area (Å²) in [4.78, 5) is 35.7. The summed E-state index contributed by atoms with van der Waals surface area (Å²) in [6.07, 6.45) is 3.11. The highest BCUT2D eigenvalue weighted by atomic mass is 16.2. The van der Waals surface area contributed by atoms with Crippen LogP contribution in [0, 0.1) is 0 Å². The first-order valence-corrected chi connectivity index (χ1v) is 7.41. The number of carbonyl (C=O) groups is 2. The third-order valence-electron chi connectivity index (χ3n) is 3.41. The van der Waals surface area contributed by atoms with E-state index in [1.807, 2.05) is 25.7 Å². The van der Waals surface area contributed by atoms with Gasteiger partial charge in [-0.1, -0.05) is 0 Å². The van der Waals surface area contributed by atoms with Crippen LogP contribution in [-0.4, -0.2) is 58.4 Å². The third-order valence-corrected chi connectivity index (χ3v) is 3.41. The molecule has 1 aromatic rings. The maximum Gasteiger partial charge on any atom is 0.271 e. The first-order chi connectivity index (χ1) is 10.3. The summed E-state index contributed by atoms with van der Waals surface area (Å²) in [5.74, 6) is 0.600. The van der Waals surface area contributed by atoms with Crippen LogP contribution in [0.5, 0.6) is 0 Å². The minimum absolute atomic E-state index is 0.0972. The standard InChI is InChI=1S/C15H23N5O2/c1-11(21)19-5-7-20(8-6-19)13-10-16-12(9-17-13)14(22)18-15(2,3)4/h9-10H,5-8H2,1-4H3,(H,18,22). The average Bonchev–Trinajstić information content (AvgIpc) is 2.46. The molecule has 7 nitrogen and oxygen atoms in total. The highest BCUT2D eigenvalue weighted by Gasteiger charge is 2.21. The molecule has 1 saturated heterocycles. The summed E-state index contributed by atoms with van der Waals surface area (Å²) < 4.78 is 0. The van der Waals surface area contributed by atoms with Gasteiger partial charge in [0, 0.05) is 38.6 Å². The lowest BCUT2D eigenvalue weighted by Crippen LogP contribution is -2.48. The van der Waals surface area contributed by atoms with E-state index >= 15 is 0 Å².